The van der Waals surface area contributed by atoms with Gasteiger partial charge in [-0.1, -0.05) is 51.0 Å². The first-order valence-corrected chi connectivity index (χ1v) is 28.0. The van der Waals surface area contributed by atoms with E-state index in [2.05, 4.69) is 69.8 Å². The van der Waals surface area contributed by atoms with Crippen LogP contribution in [0, 0.1) is 42.2 Å². The van der Waals surface area contributed by atoms with Gasteiger partial charge in [0.2, 0.25) is 17.7 Å². The number of terminal acetylenes is 1. The molecule has 4 N–H and O–H groups in total. The highest BCUT2D eigenvalue weighted by molar-refractivity contribution is 7.11. The molecular weight excluding hydrogens is 1000 g/mol. The number of nitrogens with zero attached hydrogens (tertiary/aromatic N) is 8. The van der Waals surface area contributed by atoms with Crippen molar-refractivity contribution in [2.24, 2.45) is 11.3 Å². The Morgan fingerprint density at radius 2 is 1.75 bits per heavy atom. The van der Waals surface area contributed by atoms with Crippen LogP contribution in [0.3, 0.4) is 0 Å². The molecule has 7 heterocycles. The summed E-state index contributed by atoms with van der Waals surface area (Å²) in [4.78, 5) is 69.2. The van der Waals surface area contributed by atoms with Crippen molar-refractivity contribution in [3.05, 3.63) is 82.0 Å². The molecule has 1 aliphatic carbocycles. The molecule has 5 atom stereocenters. The quantitative estimate of drug-likeness (QED) is 0.0554. The summed E-state index contributed by atoms with van der Waals surface area (Å²) in [6.07, 6.45) is 19.5. The van der Waals surface area contributed by atoms with Crippen molar-refractivity contribution in [1.82, 2.24) is 50.6 Å². The average Bonchev–Trinajstić information content (AvgIpc) is 4.23. The number of carbonyl (C=O) groups is 3. The number of hydrogen-bond acceptors (Lipinski definition) is 14. The van der Waals surface area contributed by atoms with E-state index < -0.39 is 29.1 Å². The third-order valence-corrected chi connectivity index (χ3v) is 16.8. The fourth-order valence-corrected chi connectivity index (χ4v) is 12.5. The number of fused-ring (bicyclic) bond motifs is 4. The van der Waals surface area contributed by atoms with Crippen LogP contribution in [0.5, 0.6) is 11.8 Å². The number of allylic oxidation sites excluding steroid dienone is 3. The predicted octanol–water partition coefficient (Wildman–Crippen LogP) is 6.98. The fraction of sp³-hybridized carbons (Fsp3) is 0.500. The van der Waals surface area contributed by atoms with E-state index in [0.29, 0.717) is 68.6 Å². The Labute approximate surface area is 452 Å². The molecule has 16 nitrogen and oxygen atoms in total. The number of hydrogen-bond donors (Lipinski definition) is 4. The number of aromatic hydroxyl groups is 1. The molecule has 4 saturated heterocycles. The lowest BCUT2D eigenvalue weighted by Gasteiger charge is -2.36. The molecular formula is C58H69F2N11O5S. The van der Waals surface area contributed by atoms with Crippen molar-refractivity contribution in [1.29, 1.82) is 0 Å². The number of aryl methyl sites for hydroxylation is 1. The number of phenols is 1. The van der Waals surface area contributed by atoms with Gasteiger partial charge in [-0.2, -0.15) is 9.97 Å². The van der Waals surface area contributed by atoms with Crippen molar-refractivity contribution < 1.29 is 33.0 Å². The van der Waals surface area contributed by atoms with Crippen LogP contribution in [0.2, 0.25) is 0 Å². The Bertz CT molecular complexity index is 3130. The van der Waals surface area contributed by atoms with Gasteiger partial charge < -0.3 is 45.4 Å². The van der Waals surface area contributed by atoms with Gasteiger partial charge >= 0.3 is 6.01 Å². The first-order chi connectivity index (χ1) is 37.1. The van der Waals surface area contributed by atoms with Gasteiger partial charge in [0, 0.05) is 94.6 Å². The lowest BCUT2D eigenvalue weighted by Crippen LogP contribution is -2.57. The van der Waals surface area contributed by atoms with Crippen LogP contribution in [-0.2, 0) is 14.4 Å². The minimum absolute atomic E-state index is 0.00270. The standard InChI is InChI=1S/C58H69F2N11O5S/c1-6-42-45(59)19-16-38-28-41(72)29-43(48(38)42)50-49(60)51-44(31-61-50)54(70-32-39-17-18-40(33-70)64-39)67-57(66-51)76-27-9-21-69-25-23-68(24-26-69)20-8-11-47(73)65-53(58(3,4)5)56(75)71-22-7-10-46(71)55(74)62-30-36-12-14-37(15-13-36)52-35(2)63-34-77-52/h1,12,14-16,19,28-29,31,34,36,39-40,46,53,64,72H,7-11,13,17-18,20-27,30,32-33H2,2-5H3,(H,62,74)(H,65,73)/t36?,39?,40?,46-,53+/m0/s1. The summed E-state index contributed by atoms with van der Waals surface area (Å²) in [7, 11) is 0. The highest BCUT2D eigenvalue weighted by atomic mass is 32.1. The molecule has 2 aromatic carbocycles. The Morgan fingerprint density at radius 3 is 2.44 bits per heavy atom. The van der Waals surface area contributed by atoms with E-state index in [4.69, 9.17) is 16.1 Å². The number of halogens is 2. The van der Waals surface area contributed by atoms with Crippen LogP contribution in [0.4, 0.5) is 14.6 Å². The first kappa shape index (κ1) is 53.8. The van der Waals surface area contributed by atoms with E-state index in [1.807, 2.05) is 33.2 Å². The number of benzene rings is 2. The number of carbonyl (C=O) groups excluding carboxylic acids is 3. The lowest BCUT2D eigenvalue weighted by atomic mass is 9.85. The Kier molecular flexibility index (Phi) is 16.2. The summed E-state index contributed by atoms with van der Waals surface area (Å²) in [5, 5.41) is 21.6. The van der Waals surface area contributed by atoms with Gasteiger partial charge in [0.05, 0.1) is 33.6 Å². The number of rotatable bonds is 17. The van der Waals surface area contributed by atoms with Crippen molar-refractivity contribution in [2.75, 3.05) is 77.0 Å². The van der Waals surface area contributed by atoms with Crippen LogP contribution in [0.1, 0.15) is 88.3 Å². The van der Waals surface area contributed by atoms with Gasteiger partial charge in [-0.3, -0.25) is 19.4 Å². The molecule has 10 rings (SSSR count). The number of phenolic OH excluding ortho intramolecular Hbond substituents is 1. The summed E-state index contributed by atoms with van der Waals surface area (Å²) in [6.45, 7) is 15.4. The maximum absolute atomic E-state index is 17.0. The van der Waals surface area contributed by atoms with Gasteiger partial charge in [-0.05, 0) is 98.9 Å². The van der Waals surface area contributed by atoms with E-state index in [9.17, 15) is 19.5 Å². The summed E-state index contributed by atoms with van der Waals surface area (Å²) in [5.74, 6) is 0.997. The third-order valence-electron chi connectivity index (χ3n) is 15.8. The second-order valence-electron chi connectivity index (χ2n) is 22.3. The number of anilines is 1. The summed E-state index contributed by atoms with van der Waals surface area (Å²) in [5.41, 5.74) is 3.43. The van der Waals surface area contributed by atoms with Crippen molar-refractivity contribution in [3.63, 3.8) is 0 Å². The van der Waals surface area contributed by atoms with Crippen LogP contribution in [0.15, 0.2) is 54.2 Å². The van der Waals surface area contributed by atoms with Crippen LogP contribution >= 0.6 is 11.3 Å². The predicted molar refractivity (Wildman–Crippen MR) is 295 cm³/mol. The molecule has 0 saturated carbocycles. The molecule has 19 heteroatoms. The van der Waals surface area contributed by atoms with Crippen molar-refractivity contribution >= 4 is 62.1 Å². The molecule has 4 fully saturated rings. The van der Waals surface area contributed by atoms with Crippen LogP contribution in [-0.4, -0.2) is 154 Å². The molecule has 3 unspecified atom stereocenters. The maximum Gasteiger partial charge on any atom is 0.319 e. The van der Waals surface area contributed by atoms with Crippen molar-refractivity contribution in [2.45, 2.75) is 103 Å². The second kappa shape index (κ2) is 23.2. The third kappa shape index (κ3) is 12.0. The molecule has 5 aliphatic rings. The van der Waals surface area contributed by atoms with Gasteiger partial charge in [0.15, 0.2) is 5.82 Å². The minimum atomic E-state index is -0.770. The van der Waals surface area contributed by atoms with E-state index in [1.165, 1.54) is 35.3 Å². The number of likely N-dealkylation sites (tertiary alicyclic amines) is 1. The zero-order chi connectivity index (χ0) is 54.0. The van der Waals surface area contributed by atoms with E-state index in [-0.39, 0.29) is 81.6 Å². The molecule has 5 aromatic rings. The Morgan fingerprint density at radius 1 is 1.00 bits per heavy atom. The van der Waals surface area contributed by atoms with E-state index in [0.717, 1.165) is 76.2 Å². The highest BCUT2D eigenvalue weighted by Gasteiger charge is 2.42. The minimum Gasteiger partial charge on any atom is -0.508 e. The number of nitrogens with one attached hydrogen (secondary N) is 3. The topological polar surface area (TPSA) is 181 Å². The molecule has 2 bridgehead atoms. The second-order valence-corrected chi connectivity index (χ2v) is 23.1. The Balaban J connectivity index is 0.697. The molecule has 77 heavy (non-hydrogen) atoms. The number of pyridine rings is 1. The first-order valence-electron chi connectivity index (χ1n) is 27.1. The summed E-state index contributed by atoms with van der Waals surface area (Å²) < 4.78 is 38.2. The van der Waals surface area contributed by atoms with E-state index in [1.54, 1.807) is 16.2 Å². The molecule has 0 spiro atoms. The zero-order valence-corrected chi connectivity index (χ0v) is 45.2. The summed E-state index contributed by atoms with van der Waals surface area (Å²) in [6, 6.07) is 4.75. The van der Waals surface area contributed by atoms with Gasteiger partial charge in [0.25, 0.3) is 0 Å². The monoisotopic (exact) mass is 1070 g/mol. The number of piperazine rings is 2. The number of aromatic nitrogens is 4. The molecule has 406 valence electrons. The number of amides is 3. The fourth-order valence-electron chi connectivity index (χ4n) is 11.7. The average molecular weight is 1070 g/mol. The van der Waals surface area contributed by atoms with Crippen LogP contribution in [0.25, 0.3) is 38.5 Å². The van der Waals surface area contributed by atoms with Crippen LogP contribution < -0.4 is 25.6 Å². The van der Waals surface area contributed by atoms with Gasteiger partial charge in [0.1, 0.15) is 40.7 Å². The van der Waals surface area contributed by atoms with Crippen molar-refractivity contribution in [3.8, 4) is 35.4 Å². The Hall–Kier alpha value is -6.59. The molecule has 3 aromatic heterocycles. The van der Waals surface area contributed by atoms with Gasteiger partial charge in [-0.15, -0.1) is 17.8 Å². The molecule has 4 aliphatic heterocycles. The lowest BCUT2D eigenvalue weighted by molar-refractivity contribution is -0.143. The van der Waals surface area contributed by atoms with Gasteiger partial charge in [-0.25, -0.2) is 13.8 Å². The zero-order valence-electron chi connectivity index (χ0n) is 44.4. The van der Waals surface area contributed by atoms with E-state index >= 15 is 8.78 Å². The molecule has 3 amide bonds. The largest absolute Gasteiger partial charge is 0.508 e. The molecule has 0 radical (unpaired) electrons. The SMILES string of the molecule is C#Cc1c(F)ccc2cc(O)cc(-c3ncc4c(N5CC6CCC(C5)N6)nc(OCCCN5CCN(CCCC(=O)N[C@H](C(=O)N6CCC[C@H]6C(=O)NCC6C=CC(c7scnc7C)=CC6)C(C)(C)C)CC5)nc4c3F)c12. The maximum atomic E-state index is 17.0. The highest BCUT2D eigenvalue weighted by Crippen LogP contribution is 2.40. The smallest absolute Gasteiger partial charge is 0.319 e. The normalized spacial score (nSPS) is 21.3. The number of thiazole rings is 1. The number of ether oxygens (including phenoxy) is 1. The summed E-state index contributed by atoms with van der Waals surface area (Å²) >= 11 is 1.63.